The highest BCUT2D eigenvalue weighted by Gasteiger charge is 2.27. The molecule has 0 heterocycles. The van der Waals surface area contributed by atoms with Crippen LogP contribution in [0.5, 0.6) is 0 Å². The van der Waals surface area contributed by atoms with Crippen LogP contribution in [0.15, 0.2) is 11.6 Å². The topological polar surface area (TPSA) is 0 Å². The zero-order valence-electron chi connectivity index (χ0n) is 5.35. The maximum Gasteiger partial charge on any atom is -0.0191 e. The zero-order chi connectivity index (χ0) is 5.56. The average Bonchev–Trinajstić information content (AvgIpc) is 1.62. The summed E-state index contributed by atoms with van der Waals surface area (Å²) in [6, 6.07) is 0. The van der Waals surface area contributed by atoms with Gasteiger partial charge in [-0.05, 0) is 31.1 Å². The van der Waals surface area contributed by atoms with Crippen LogP contribution in [0.2, 0.25) is 0 Å². The summed E-state index contributed by atoms with van der Waals surface area (Å²) < 4.78 is 0. The van der Waals surface area contributed by atoms with Gasteiger partial charge in [0.2, 0.25) is 0 Å². The lowest BCUT2D eigenvalue weighted by molar-refractivity contribution is 0.342. The fourth-order valence-corrected chi connectivity index (χ4v) is 1.99. The Morgan fingerprint density at radius 3 is 2.50 bits per heavy atom. The molecule has 0 heteroatoms. The molecule has 0 nitrogen and oxygen atoms in total. The lowest BCUT2D eigenvalue weighted by atomic mass is 9.70. The van der Waals surface area contributed by atoms with Crippen molar-refractivity contribution >= 4 is 0 Å². The summed E-state index contributed by atoms with van der Waals surface area (Å²) in [7, 11) is 0. The third-order valence-corrected chi connectivity index (χ3v) is 2.31. The smallest absolute Gasteiger partial charge is 0.0191 e. The molecule has 2 atom stereocenters. The van der Waals surface area contributed by atoms with Crippen molar-refractivity contribution in [1.29, 1.82) is 0 Å². The first-order valence-electron chi connectivity index (χ1n) is 3.54. The van der Waals surface area contributed by atoms with Crippen LogP contribution < -0.4 is 0 Å². The number of rotatable bonds is 0. The molecule has 0 spiro atoms. The first-order chi connectivity index (χ1) is 3.84. The van der Waals surface area contributed by atoms with Crippen molar-refractivity contribution in [3.8, 4) is 0 Å². The van der Waals surface area contributed by atoms with E-state index >= 15 is 0 Å². The monoisotopic (exact) mass is 108 g/mol. The van der Waals surface area contributed by atoms with Crippen LogP contribution in [-0.2, 0) is 0 Å². The Balaban J connectivity index is 2.14. The molecule has 0 aliphatic heterocycles. The lowest BCUT2D eigenvalue weighted by Crippen LogP contribution is -2.21. The second kappa shape index (κ2) is 1.37. The van der Waals surface area contributed by atoms with Crippen LogP contribution in [0, 0.1) is 11.8 Å². The first-order valence-corrected chi connectivity index (χ1v) is 3.54. The standard InChI is InChI=1S/C8H12/c1-6-2-7-4-8(3-6)5-7/h4,6-7H,2-3,5H2,1H3/t6-,7?/m0/s1. The molecular formula is C8H12. The predicted molar refractivity (Wildman–Crippen MR) is 34.6 cm³/mol. The fourth-order valence-electron chi connectivity index (χ4n) is 1.99. The van der Waals surface area contributed by atoms with Crippen molar-refractivity contribution in [2.24, 2.45) is 11.8 Å². The van der Waals surface area contributed by atoms with E-state index in [2.05, 4.69) is 13.0 Å². The van der Waals surface area contributed by atoms with Crippen LogP contribution in [0.3, 0.4) is 0 Å². The predicted octanol–water partition coefficient (Wildman–Crippen LogP) is 2.36. The minimum Gasteiger partial charge on any atom is -0.0819 e. The minimum atomic E-state index is 0.994. The van der Waals surface area contributed by atoms with Crippen LogP contribution in [0.4, 0.5) is 0 Å². The van der Waals surface area contributed by atoms with Crippen molar-refractivity contribution < 1.29 is 0 Å². The van der Waals surface area contributed by atoms with Gasteiger partial charge < -0.3 is 0 Å². The molecule has 0 aromatic carbocycles. The van der Waals surface area contributed by atoms with Crippen LogP contribution in [0.25, 0.3) is 0 Å². The van der Waals surface area contributed by atoms with Crippen molar-refractivity contribution in [2.75, 3.05) is 0 Å². The van der Waals surface area contributed by atoms with E-state index < -0.39 is 0 Å². The van der Waals surface area contributed by atoms with Gasteiger partial charge in [-0.1, -0.05) is 18.6 Å². The average molecular weight is 108 g/mol. The molecule has 3 aliphatic carbocycles. The number of hydrogen-bond acceptors (Lipinski definition) is 0. The van der Waals surface area contributed by atoms with Crippen molar-refractivity contribution in [3.05, 3.63) is 11.6 Å². The number of allylic oxidation sites excluding steroid dienone is 2. The Morgan fingerprint density at radius 2 is 2.25 bits per heavy atom. The van der Waals surface area contributed by atoms with E-state index in [0.717, 1.165) is 11.8 Å². The number of fused-ring (bicyclic) bond motifs is 2. The van der Waals surface area contributed by atoms with Gasteiger partial charge >= 0.3 is 0 Å². The SMILES string of the molecule is C[C@@H]1CC2=CC(C2)C1. The highest BCUT2D eigenvalue weighted by molar-refractivity contribution is 5.20. The molecule has 3 aliphatic rings. The van der Waals surface area contributed by atoms with Gasteiger partial charge in [-0.2, -0.15) is 0 Å². The second-order valence-electron chi connectivity index (χ2n) is 3.33. The van der Waals surface area contributed by atoms with Crippen LogP contribution in [0.1, 0.15) is 26.2 Å². The highest BCUT2D eigenvalue weighted by atomic mass is 14.3. The van der Waals surface area contributed by atoms with Gasteiger partial charge in [0.15, 0.2) is 0 Å². The Hall–Kier alpha value is -0.260. The summed E-state index contributed by atoms with van der Waals surface area (Å²) in [6.07, 6.45) is 6.75. The van der Waals surface area contributed by atoms with Crippen molar-refractivity contribution in [2.45, 2.75) is 26.2 Å². The van der Waals surface area contributed by atoms with E-state index in [-0.39, 0.29) is 0 Å². The van der Waals surface area contributed by atoms with Gasteiger partial charge in [-0.25, -0.2) is 0 Å². The van der Waals surface area contributed by atoms with Gasteiger partial charge in [0.25, 0.3) is 0 Å². The van der Waals surface area contributed by atoms with Gasteiger partial charge in [0, 0.05) is 0 Å². The molecule has 1 fully saturated rings. The molecule has 0 N–H and O–H groups in total. The van der Waals surface area contributed by atoms with E-state index in [9.17, 15) is 0 Å². The summed E-state index contributed by atoms with van der Waals surface area (Å²) in [5.41, 5.74) is 1.73. The van der Waals surface area contributed by atoms with E-state index in [1.807, 2.05) is 0 Å². The van der Waals surface area contributed by atoms with E-state index in [1.54, 1.807) is 5.57 Å². The Morgan fingerprint density at radius 1 is 1.50 bits per heavy atom. The lowest BCUT2D eigenvalue weighted by Gasteiger charge is -2.35. The molecule has 0 aromatic heterocycles. The third-order valence-electron chi connectivity index (χ3n) is 2.31. The number of hydrogen-bond donors (Lipinski definition) is 0. The molecule has 44 valence electrons. The molecule has 3 rings (SSSR count). The first kappa shape index (κ1) is 4.60. The molecule has 1 unspecified atom stereocenters. The summed E-state index contributed by atoms with van der Waals surface area (Å²) in [6.45, 7) is 2.36. The summed E-state index contributed by atoms with van der Waals surface area (Å²) in [5, 5.41) is 0. The molecule has 0 aromatic rings. The van der Waals surface area contributed by atoms with Gasteiger partial charge in [-0.15, -0.1) is 0 Å². The molecule has 0 amide bonds. The Bertz CT molecular complexity index is 133. The quantitative estimate of drug-likeness (QED) is 0.418. The van der Waals surface area contributed by atoms with E-state index in [1.165, 1.54) is 19.3 Å². The summed E-state index contributed by atoms with van der Waals surface area (Å²) in [4.78, 5) is 0. The van der Waals surface area contributed by atoms with Gasteiger partial charge in [0.1, 0.15) is 0 Å². The normalized spacial score (nSPS) is 42.9. The third kappa shape index (κ3) is 0.521. The molecular weight excluding hydrogens is 96.1 g/mol. The van der Waals surface area contributed by atoms with Gasteiger partial charge in [-0.3, -0.25) is 0 Å². The zero-order valence-corrected chi connectivity index (χ0v) is 5.35. The van der Waals surface area contributed by atoms with Crippen LogP contribution >= 0.6 is 0 Å². The summed E-state index contributed by atoms with van der Waals surface area (Å²) >= 11 is 0. The Kier molecular flexibility index (Phi) is 0.787. The van der Waals surface area contributed by atoms with Crippen LogP contribution in [-0.4, -0.2) is 0 Å². The molecule has 0 saturated heterocycles. The van der Waals surface area contributed by atoms with E-state index in [4.69, 9.17) is 0 Å². The molecule has 0 radical (unpaired) electrons. The maximum atomic E-state index is 2.46. The van der Waals surface area contributed by atoms with E-state index in [0.29, 0.717) is 0 Å². The molecule has 2 bridgehead atoms. The largest absolute Gasteiger partial charge is 0.0819 e. The molecule has 8 heavy (non-hydrogen) atoms. The van der Waals surface area contributed by atoms with Crippen molar-refractivity contribution in [3.63, 3.8) is 0 Å². The molecule has 1 saturated carbocycles. The fraction of sp³-hybridized carbons (Fsp3) is 0.750. The Labute approximate surface area is 50.6 Å². The van der Waals surface area contributed by atoms with Gasteiger partial charge in [0.05, 0.1) is 0 Å². The maximum absolute atomic E-state index is 2.46. The summed E-state index contributed by atoms with van der Waals surface area (Å²) in [5.74, 6) is 1.99. The second-order valence-corrected chi connectivity index (χ2v) is 3.33. The minimum absolute atomic E-state index is 0.994. The highest BCUT2D eigenvalue weighted by Crippen LogP contribution is 2.41. The van der Waals surface area contributed by atoms with Crippen molar-refractivity contribution in [1.82, 2.24) is 0 Å².